The maximum absolute atomic E-state index is 10.4. The predicted molar refractivity (Wildman–Crippen MR) is 71.0 cm³/mol. The summed E-state index contributed by atoms with van der Waals surface area (Å²) in [6, 6.07) is 7.62. The van der Waals surface area contributed by atoms with Gasteiger partial charge in [-0.15, -0.1) is 5.54 Å². The maximum Gasteiger partial charge on any atom is 0.404 e. The van der Waals surface area contributed by atoms with Crippen LogP contribution in [0.4, 0.5) is 4.79 Å². The second-order valence-corrected chi connectivity index (χ2v) is 9.55. The second kappa shape index (κ2) is 5.55. The van der Waals surface area contributed by atoms with Crippen molar-refractivity contribution in [3.8, 4) is 11.5 Å². The molecule has 0 aliphatic carbocycles. The Hall–Kier alpha value is -1.73. The highest BCUT2D eigenvalue weighted by Gasteiger charge is 2.07. The second-order valence-electron chi connectivity index (χ2n) is 4.80. The topological polar surface area (TPSA) is 52.3 Å². The van der Waals surface area contributed by atoms with Crippen LogP contribution in [0.1, 0.15) is 11.1 Å². The number of hydrogen-bond donors (Lipinski definition) is 1. The number of amides is 1. The van der Waals surface area contributed by atoms with Crippen molar-refractivity contribution in [2.24, 2.45) is 5.73 Å². The van der Waals surface area contributed by atoms with Crippen LogP contribution in [0.15, 0.2) is 24.3 Å². The zero-order chi connectivity index (χ0) is 12.9. The van der Waals surface area contributed by atoms with Crippen LogP contribution in [0.5, 0.6) is 0 Å². The average Bonchev–Trinajstić information content (AvgIpc) is 2.24. The lowest BCUT2D eigenvalue weighted by molar-refractivity contribution is 0.150. The molecule has 2 N–H and O–H groups in total. The van der Waals surface area contributed by atoms with E-state index in [4.69, 9.17) is 10.5 Å². The lowest BCUT2D eigenvalue weighted by Crippen LogP contribution is -2.16. The van der Waals surface area contributed by atoms with Crippen LogP contribution in [0, 0.1) is 11.5 Å². The van der Waals surface area contributed by atoms with Gasteiger partial charge in [0.15, 0.2) is 0 Å². The summed E-state index contributed by atoms with van der Waals surface area (Å²) >= 11 is 0. The molecule has 3 nitrogen and oxygen atoms in total. The van der Waals surface area contributed by atoms with Crippen molar-refractivity contribution in [1.82, 2.24) is 0 Å². The van der Waals surface area contributed by atoms with Gasteiger partial charge >= 0.3 is 6.09 Å². The summed E-state index contributed by atoms with van der Waals surface area (Å²) in [5.41, 5.74) is 10.1. The molecule has 0 aliphatic heterocycles. The van der Waals surface area contributed by atoms with Crippen molar-refractivity contribution in [1.29, 1.82) is 0 Å². The van der Waals surface area contributed by atoms with Crippen LogP contribution >= 0.6 is 0 Å². The number of carbonyl (C=O) groups is 1. The Balaban J connectivity index is 2.67. The summed E-state index contributed by atoms with van der Waals surface area (Å²) in [7, 11) is -1.33. The molecule has 0 spiro atoms. The maximum atomic E-state index is 10.4. The third-order valence-electron chi connectivity index (χ3n) is 1.92. The van der Waals surface area contributed by atoms with Gasteiger partial charge in [0.2, 0.25) is 0 Å². The number of ether oxygens (including phenoxy) is 1. The molecule has 0 heterocycles. The van der Waals surface area contributed by atoms with Crippen LogP contribution in [-0.2, 0) is 11.3 Å². The van der Waals surface area contributed by atoms with E-state index in [1.165, 1.54) is 0 Å². The summed E-state index contributed by atoms with van der Waals surface area (Å²) in [5.74, 6) is 3.16. The zero-order valence-corrected chi connectivity index (χ0v) is 11.4. The molecule has 1 aromatic carbocycles. The van der Waals surface area contributed by atoms with Gasteiger partial charge in [0.25, 0.3) is 0 Å². The van der Waals surface area contributed by atoms with Gasteiger partial charge in [-0.1, -0.05) is 37.7 Å². The standard InChI is InChI=1S/C13H17NO2Si/c1-17(2,3)9-8-11-4-6-12(7-5-11)10-16-13(14)15/h4-7H,10H2,1-3H3,(H2,14,15). The summed E-state index contributed by atoms with van der Waals surface area (Å²) in [5, 5.41) is 0. The summed E-state index contributed by atoms with van der Waals surface area (Å²) in [6.07, 6.45) is -0.757. The fourth-order valence-electron chi connectivity index (χ4n) is 1.10. The number of rotatable bonds is 2. The van der Waals surface area contributed by atoms with E-state index >= 15 is 0 Å². The predicted octanol–water partition coefficient (Wildman–Crippen LogP) is 2.51. The largest absolute Gasteiger partial charge is 0.445 e. The van der Waals surface area contributed by atoms with Crippen molar-refractivity contribution in [3.63, 3.8) is 0 Å². The molecular formula is C13H17NO2Si. The number of primary amides is 1. The number of nitrogens with two attached hydrogens (primary N) is 1. The Labute approximate surface area is 103 Å². The highest BCUT2D eigenvalue weighted by Crippen LogP contribution is 2.05. The molecule has 0 fully saturated rings. The van der Waals surface area contributed by atoms with Gasteiger partial charge in [0, 0.05) is 5.56 Å². The number of hydrogen-bond acceptors (Lipinski definition) is 2. The van der Waals surface area contributed by atoms with E-state index in [1.807, 2.05) is 24.3 Å². The molecule has 4 heteroatoms. The van der Waals surface area contributed by atoms with Gasteiger partial charge in [-0.25, -0.2) is 4.79 Å². The molecule has 0 aliphatic rings. The lowest BCUT2D eigenvalue weighted by Gasteiger charge is -2.04. The monoisotopic (exact) mass is 247 g/mol. The first-order chi connectivity index (χ1) is 7.87. The van der Waals surface area contributed by atoms with E-state index in [9.17, 15) is 4.79 Å². The zero-order valence-electron chi connectivity index (χ0n) is 10.4. The highest BCUT2D eigenvalue weighted by atomic mass is 28.3. The van der Waals surface area contributed by atoms with Crippen LogP contribution < -0.4 is 5.73 Å². The summed E-state index contributed by atoms with van der Waals surface area (Å²) in [6.45, 7) is 6.82. The van der Waals surface area contributed by atoms with Gasteiger partial charge in [-0.2, -0.15) is 0 Å². The molecule has 0 radical (unpaired) electrons. The van der Waals surface area contributed by atoms with Crippen molar-refractivity contribution >= 4 is 14.2 Å². The van der Waals surface area contributed by atoms with Gasteiger partial charge in [0.05, 0.1) is 0 Å². The van der Waals surface area contributed by atoms with E-state index in [0.29, 0.717) is 0 Å². The normalized spacial score (nSPS) is 10.3. The van der Waals surface area contributed by atoms with Crippen LogP contribution in [0.25, 0.3) is 0 Å². The minimum Gasteiger partial charge on any atom is -0.445 e. The molecule has 1 amide bonds. The molecular weight excluding hydrogens is 230 g/mol. The summed E-state index contributed by atoms with van der Waals surface area (Å²) < 4.78 is 4.69. The Bertz CT molecular complexity index is 449. The molecule has 90 valence electrons. The first-order valence-corrected chi connectivity index (χ1v) is 8.91. The first kappa shape index (κ1) is 13.3. The Morgan fingerprint density at radius 2 is 1.88 bits per heavy atom. The fourth-order valence-corrected chi connectivity index (χ4v) is 1.62. The minimum atomic E-state index is -1.33. The van der Waals surface area contributed by atoms with E-state index in [1.54, 1.807) is 0 Å². The van der Waals surface area contributed by atoms with Gasteiger partial charge in [0.1, 0.15) is 14.7 Å². The molecule has 1 aromatic rings. The van der Waals surface area contributed by atoms with Crippen molar-refractivity contribution in [2.45, 2.75) is 26.2 Å². The fraction of sp³-hybridized carbons (Fsp3) is 0.308. The number of benzene rings is 1. The number of carbonyl (C=O) groups excluding carboxylic acids is 1. The van der Waals surface area contributed by atoms with Gasteiger partial charge in [-0.3, -0.25) is 0 Å². The van der Waals surface area contributed by atoms with Crippen LogP contribution in [0.3, 0.4) is 0 Å². The Morgan fingerprint density at radius 1 is 1.29 bits per heavy atom. The SMILES string of the molecule is C[Si](C)(C)C#Cc1ccc(COC(N)=O)cc1. The van der Waals surface area contributed by atoms with Crippen molar-refractivity contribution < 1.29 is 9.53 Å². The van der Waals surface area contributed by atoms with Crippen LogP contribution in [-0.4, -0.2) is 14.2 Å². The molecule has 0 aromatic heterocycles. The van der Waals surface area contributed by atoms with Crippen LogP contribution in [0.2, 0.25) is 19.6 Å². The third kappa shape index (κ3) is 5.78. The van der Waals surface area contributed by atoms with E-state index in [2.05, 4.69) is 31.1 Å². The van der Waals surface area contributed by atoms with Crippen molar-refractivity contribution in [3.05, 3.63) is 35.4 Å². The molecule has 0 atom stereocenters. The van der Waals surface area contributed by atoms with E-state index < -0.39 is 14.2 Å². The highest BCUT2D eigenvalue weighted by molar-refractivity contribution is 6.83. The molecule has 0 saturated carbocycles. The molecule has 0 unspecified atom stereocenters. The van der Waals surface area contributed by atoms with E-state index in [-0.39, 0.29) is 6.61 Å². The van der Waals surface area contributed by atoms with E-state index in [0.717, 1.165) is 11.1 Å². The first-order valence-electron chi connectivity index (χ1n) is 5.41. The Kier molecular flexibility index (Phi) is 4.35. The minimum absolute atomic E-state index is 0.205. The quantitative estimate of drug-likeness (QED) is 0.645. The molecule has 17 heavy (non-hydrogen) atoms. The third-order valence-corrected chi connectivity index (χ3v) is 2.79. The molecule has 0 saturated heterocycles. The average molecular weight is 247 g/mol. The van der Waals surface area contributed by atoms with Gasteiger partial charge < -0.3 is 10.5 Å². The smallest absolute Gasteiger partial charge is 0.404 e. The van der Waals surface area contributed by atoms with Gasteiger partial charge in [-0.05, 0) is 17.7 Å². The molecule has 0 bridgehead atoms. The Morgan fingerprint density at radius 3 is 2.35 bits per heavy atom. The molecule has 1 rings (SSSR count). The van der Waals surface area contributed by atoms with Crippen molar-refractivity contribution in [2.75, 3.05) is 0 Å². The summed E-state index contributed by atoms with van der Waals surface area (Å²) in [4.78, 5) is 10.4. The lowest BCUT2D eigenvalue weighted by atomic mass is 10.1.